The first-order valence-electron chi connectivity index (χ1n) is 7.66. The number of para-hydroxylation sites is 1. The molecule has 3 heteroatoms. The number of hydrogen-bond acceptors (Lipinski definition) is 1. The monoisotopic (exact) mass is 284 g/mol. The Labute approximate surface area is 126 Å². The lowest BCUT2D eigenvalue weighted by atomic mass is 10.0. The Morgan fingerprint density at radius 3 is 2.52 bits per heavy atom. The van der Waals surface area contributed by atoms with E-state index in [2.05, 4.69) is 44.1 Å². The Morgan fingerprint density at radius 1 is 1.19 bits per heavy atom. The molecule has 1 amide bonds. The van der Waals surface area contributed by atoms with E-state index in [0.717, 1.165) is 23.0 Å². The Morgan fingerprint density at radius 2 is 1.86 bits per heavy atom. The summed E-state index contributed by atoms with van der Waals surface area (Å²) < 4.78 is 0. The molecule has 1 aromatic heterocycles. The molecule has 112 valence electrons. The SMILES string of the molecule is CC1(C)C(CNC(=O)Cc2c[nH]c3ccccc23)C1(C)C. The van der Waals surface area contributed by atoms with Crippen LogP contribution in [0.2, 0.25) is 0 Å². The van der Waals surface area contributed by atoms with Crippen LogP contribution in [0.25, 0.3) is 10.9 Å². The number of carbonyl (C=O) groups is 1. The second kappa shape index (κ2) is 4.62. The minimum Gasteiger partial charge on any atom is -0.361 e. The summed E-state index contributed by atoms with van der Waals surface area (Å²) in [4.78, 5) is 15.4. The Kier molecular flexibility index (Phi) is 3.12. The van der Waals surface area contributed by atoms with Crippen LogP contribution in [0.3, 0.4) is 0 Å². The second-order valence-electron chi connectivity index (χ2n) is 7.34. The molecule has 1 fully saturated rings. The highest BCUT2D eigenvalue weighted by molar-refractivity contribution is 5.88. The summed E-state index contributed by atoms with van der Waals surface area (Å²) in [5.41, 5.74) is 2.80. The van der Waals surface area contributed by atoms with Crippen molar-refractivity contribution >= 4 is 16.8 Å². The van der Waals surface area contributed by atoms with Crippen molar-refractivity contribution in [3.63, 3.8) is 0 Å². The molecule has 0 spiro atoms. The van der Waals surface area contributed by atoms with Gasteiger partial charge in [-0.3, -0.25) is 4.79 Å². The lowest BCUT2D eigenvalue weighted by Gasteiger charge is -2.06. The van der Waals surface area contributed by atoms with Crippen molar-refractivity contribution in [3.8, 4) is 0 Å². The number of aromatic amines is 1. The smallest absolute Gasteiger partial charge is 0.224 e. The summed E-state index contributed by atoms with van der Waals surface area (Å²) in [5, 5.41) is 4.24. The number of nitrogens with one attached hydrogen (secondary N) is 2. The van der Waals surface area contributed by atoms with Gasteiger partial charge in [0, 0.05) is 23.6 Å². The van der Waals surface area contributed by atoms with E-state index in [-0.39, 0.29) is 5.91 Å². The van der Waals surface area contributed by atoms with Crippen molar-refractivity contribution in [3.05, 3.63) is 36.0 Å². The van der Waals surface area contributed by atoms with Crippen LogP contribution in [-0.4, -0.2) is 17.4 Å². The summed E-state index contributed by atoms with van der Waals surface area (Å²) in [6.07, 6.45) is 2.38. The van der Waals surface area contributed by atoms with Crippen molar-refractivity contribution in [1.82, 2.24) is 10.3 Å². The Hall–Kier alpha value is -1.77. The molecule has 0 aliphatic heterocycles. The van der Waals surface area contributed by atoms with Gasteiger partial charge in [-0.2, -0.15) is 0 Å². The average molecular weight is 284 g/mol. The predicted molar refractivity (Wildman–Crippen MR) is 86.1 cm³/mol. The maximum absolute atomic E-state index is 12.2. The molecule has 21 heavy (non-hydrogen) atoms. The van der Waals surface area contributed by atoms with Crippen molar-refractivity contribution in [2.45, 2.75) is 34.1 Å². The molecule has 0 saturated heterocycles. The molecule has 1 saturated carbocycles. The van der Waals surface area contributed by atoms with Gasteiger partial charge >= 0.3 is 0 Å². The van der Waals surface area contributed by atoms with Crippen LogP contribution in [0.5, 0.6) is 0 Å². The van der Waals surface area contributed by atoms with Gasteiger partial charge < -0.3 is 10.3 Å². The normalized spacial score (nSPS) is 19.6. The van der Waals surface area contributed by atoms with Crippen LogP contribution < -0.4 is 5.32 Å². The third-order valence-electron chi connectivity index (χ3n) is 5.85. The number of benzene rings is 1. The molecule has 1 aromatic carbocycles. The van der Waals surface area contributed by atoms with E-state index in [4.69, 9.17) is 0 Å². The van der Waals surface area contributed by atoms with Gasteiger partial charge in [0.15, 0.2) is 0 Å². The summed E-state index contributed by atoms with van der Waals surface area (Å²) in [5.74, 6) is 0.676. The third kappa shape index (κ3) is 2.25. The summed E-state index contributed by atoms with van der Waals surface area (Å²) >= 11 is 0. The van der Waals surface area contributed by atoms with E-state index in [1.54, 1.807) is 0 Å². The molecule has 3 rings (SSSR count). The van der Waals surface area contributed by atoms with Gasteiger partial charge in [0.1, 0.15) is 0 Å². The second-order valence-corrected chi connectivity index (χ2v) is 7.34. The van der Waals surface area contributed by atoms with Crippen LogP contribution >= 0.6 is 0 Å². The molecule has 2 N–H and O–H groups in total. The molecule has 0 bridgehead atoms. The number of fused-ring (bicyclic) bond motifs is 1. The van der Waals surface area contributed by atoms with Crippen LogP contribution in [-0.2, 0) is 11.2 Å². The van der Waals surface area contributed by atoms with E-state index >= 15 is 0 Å². The molecule has 1 aliphatic carbocycles. The first-order valence-corrected chi connectivity index (χ1v) is 7.66. The van der Waals surface area contributed by atoms with Gasteiger partial charge in [0.2, 0.25) is 5.91 Å². The van der Waals surface area contributed by atoms with Gasteiger partial charge in [0.25, 0.3) is 0 Å². The summed E-state index contributed by atoms with van der Waals surface area (Å²) in [7, 11) is 0. The zero-order valence-electron chi connectivity index (χ0n) is 13.3. The average Bonchev–Trinajstić information content (AvgIpc) is 2.75. The molecule has 1 heterocycles. The van der Waals surface area contributed by atoms with Gasteiger partial charge in [-0.15, -0.1) is 0 Å². The fraction of sp³-hybridized carbons (Fsp3) is 0.500. The van der Waals surface area contributed by atoms with Crippen molar-refractivity contribution in [1.29, 1.82) is 0 Å². The zero-order valence-corrected chi connectivity index (χ0v) is 13.3. The van der Waals surface area contributed by atoms with Gasteiger partial charge in [0.05, 0.1) is 6.42 Å². The largest absolute Gasteiger partial charge is 0.361 e. The van der Waals surface area contributed by atoms with Crippen LogP contribution in [0.4, 0.5) is 0 Å². The van der Waals surface area contributed by atoms with Crippen LogP contribution in [0.1, 0.15) is 33.3 Å². The van der Waals surface area contributed by atoms with Gasteiger partial charge in [-0.1, -0.05) is 45.9 Å². The maximum Gasteiger partial charge on any atom is 0.224 e. The van der Waals surface area contributed by atoms with Crippen LogP contribution in [0.15, 0.2) is 30.5 Å². The Bertz CT molecular complexity index is 667. The first-order chi connectivity index (χ1) is 9.84. The number of aromatic nitrogens is 1. The van der Waals surface area contributed by atoms with E-state index in [1.807, 2.05) is 24.4 Å². The zero-order chi connectivity index (χ0) is 15.3. The number of rotatable bonds is 4. The van der Waals surface area contributed by atoms with E-state index < -0.39 is 0 Å². The van der Waals surface area contributed by atoms with Crippen molar-refractivity contribution in [2.24, 2.45) is 16.7 Å². The lowest BCUT2D eigenvalue weighted by molar-refractivity contribution is -0.120. The fourth-order valence-electron chi connectivity index (χ4n) is 3.57. The highest BCUT2D eigenvalue weighted by atomic mass is 16.1. The van der Waals surface area contributed by atoms with E-state index in [1.165, 1.54) is 0 Å². The fourth-order valence-corrected chi connectivity index (χ4v) is 3.57. The molecule has 0 unspecified atom stereocenters. The predicted octanol–water partition coefficient (Wildman–Crippen LogP) is 3.51. The topological polar surface area (TPSA) is 44.9 Å². The highest BCUT2D eigenvalue weighted by Gasteiger charge is 2.64. The molecule has 2 aromatic rings. The van der Waals surface area contributed by atoms with Crippen molar-refractivity contribution < 1.29 is 4.79 Å². The molecule has 3 nitrogen and oxygen atoms in total. The number of H-pyrrole nitrogens is 1. The summed E-state index contributed by atoms with van der Waals surface area (Å²) in [6, 6.07) is 8.10. The molecular weight excluding hydrogens is 260 g/mol. The number of amides is 1. The molecule has 1 aliphatic rings. The van der Waals surface area contributed by atoms with E-state index in [0.29, 0.717) is 23.2 Å². The lowest BCUT2D eigenvalue weighted by Crippen LogP contribution is -2.28. The number of carbonyl (C=O) groups excluding carboxylic acids is 1. The molecular formula is C18H24N2O. The van der Waals surface area contributed by atoms with Gasteiger partial charge in [-0.25, -0.2) is 0 Å². The maximum atomic E-state index is 12.2. The quantitative estimate of drug-likeness (QED) is 0.886. The highest BCUT2D eigenvalue weighted by Crippen LogP contribution is 2.67. The van der Waals surface area contributed by atoms with Crippen LogP contribution in [0, 0.1) is 16.7 Å². The standard InChI is InChI=1S/C18H24N2O/c1-17(2)15(18(17,3)4)11-20-16(21)9-12-10-19-14-8-6-5-7-13(12)14/h5-8,10,15,19H,9,11H2,1-4H3,(H,20,21). The van der Waals surface area contributed by atoms with E-state index in [9.17, 15) is 4.79 Å². The third-order valence-corrected chi connectivity index (χ3v) is 5.85. The molecule has 0 atom stereocenters. The minimum absolute atomic E-state index is 0.109. The number of hydrogen-bond donors (Lipinski definition) is 2. The van der Waals surface area contributed by atoms with Gasteiger partial charge in [-0.05, 0) is 28.4 Å². The Balaban J connectivity index is 1.61. The van der Waals surface area contributed by atoms with Crippen molar-refractivity contribution in [2.75, 3.05) is 6.54 Å². The first kappa shape index (κ1) is 14.2. The minimum atomic E-state index is 0.109. The molecule has 0 radical (unpaired) electrons. The summed E-state index contributed by atoms with van der Waals surface area (Å²) in [6.45, 7) is 9.90.